The van der Waals surface area contributed by atoms with Gasteiger partial charge in [-0.05, 0) is 50.2 Å². The molecule has 2 aromatic carbocycles. The maximum atomic E-state index is 12.3. The van der Waals surface area contributed by atoms with Gasteiger partial charge in [-0.3, -0.25) is 9.59 Å². The molecule has 0 bridgehead atoms. The smallest absolute Gasteiger partial charge is 0.311 e. The summed E-state index contributed by atoms with van der Waals surface area (Å²) in [6.07, 6.45) is 0. The number of carbonyl (C=O) groups is 1. The summed E-state index contributed by atoms with van der Waals surface area (Å²) in [5, 5.41) is 9.86. The van der Waals surface area contributed by atoms with Gasteiger partial charge in [0.1, 0.15) is 18.1 Å². The molecular formula is C22H21ClO6. The first-order chi connectivity index (χ1) is 13.8. The van der Waals surface area contributed by atoms with E-state index in [1.54, 1.807) is 56.3 Å². The third-order valence-corrected chi connectivity index (χ3v) is 4.68. The summed E-state index contributed by atoms with van der Waals surface area (Å²) in [5.41, 5.74) is -0.0198. The van der Waals surface area contributed by atoms with Crippen molar-refractivity contribution in [2.75, 3.05) is 19.8 Å². The van der Waals surface area contributed by atoms with Gasteiger partial charge in [0.15, 0.2) is 11.0 Å². The summed E-state index contributed by atoms with van der Waals surface area (Å²) >= 11 is 6.14. The van der Waals surface area contributed by atoms with Crippen LogP contribution in [0.3, 0.4) is 0 Å². The van der Waals surface area contributed by atoms with Gasteiger partial charge in [0.05, 0.1) is 29.0 Å². The number of para-hydroxylation sites is 1. The zero-order chi connectivity index (χ0) is 21.0. The van der Waals surface area contributed by atoms with Gasteiger partial charge in [0, 0.05) is 11.6 Å². The van der Waals surface area contributed by atoms with E-state index in [9.17, 15) is 9.59 Å². The zero-order valence-corrected chi connectivity index (χ0v) is 16.9. The normalized spacial score (nSPS) is 11.6. The van der Waals surface area contributed by atoms with Crippen LogP contribution in [-0.4, -0.2) is 30.9 Å². The number of carboxylic acid groups (broad SMARTS) is 1. The molecule has 3 aromatic rings. The minimum absolute atomic E-state index is 0.105. The van der Waals surface area contributed by atoms with Gasteiger partial charge in [-0.15, -0.1) is 0 Å². The molecule has 1 aromatic heterocycles. The lowest BCUT2D eigenvalue weighted by Gasteiger charge is -2.18. The molecule has 3 rings (SSSR count). The largest absolute Gasteiger partial charge is 0.491 e. The van der Waals surface area contributed by atoms with Crippen molar-refractivity contribution in [2.24, 2.45) is 5.41 Å². The Morgan fingerprint density at radius 2 is 1.86 bits per heavy atom. The number of carboxylic acids is 1. The summed E-state index contributed by atoms with van der Waals surface area (Å²) in [6, 6.07) is 13.6. The first kappa shape index (κ1) is 20.9. The van der Waals surface area contributed by atoms with Crippen molar-refractivity contribution >= 4 is 28.5 Å². The monoisotopic (exact) mass is 416 g/mol. The van der Waals surface area contributed by atoms with Gasteiger partial charge in [0.2, 0.25) is 0 Å². The van der Waals surface area contributed by atoms with Crippen LogP contribution in [0.15, 0.2) is 57.7 Å². The van der Waals surface area contributed by atoms with E-state index >= 15 is 0 Å². The van der Waals surface area contributed by atoms with Gasteiger partial charge in [-0.25, -0.2) is 0 Å². The van der Waals surface area contributed by atoms with E-state index in [-0.39, 0.29) is 25.2 Å². The maximum Gasteiger partial charge on any atom is 0.311 e. The highest BCUT2D eigenvalue weighted by Crippen LogP contribution is 2.27. The van der Waals surface area contributed by atoms with Crippen molar-refractivity contribution in [3.63, 3.8) is 0 Å². The molecule has 1 N–H and O–H groups in total. The molecule has 0 aliphatic carbocycles. The fraction of sp³-hybridized carbons (Fsp3) is 0.273. The second kappa shape index (κ2) is 8.68. The molecule has 0 radical (unpaired) electrons. The van der Waals surface area contributed by atoms with E-state index < -0.39 is 11.4 Å². The number of ether oxygens (including phenoxy) is 2. The molecular weight excluding hydrogens is 396 g/mol. The van der Waals surface area contributed by atoms with Gasteiger partial charge >= 0.3 is 5.97 Å². The third kappa shape index (κ3) is 4.96. The highest BCUT2D eigenvalue weighted by Gasteiger charge is 2.27. The lowest BCUT2D eigenvalue weighted by molar-refractivity contribution is -0.150. The SMILES string of the molecule is CC(C)(COCCOc1ccc(-c2cc(=O)c3cccc(Cl)c3o2)cc1)C(=O)O. The molecule has 0 amide bonds. The highest BCUT2D eigenvalue weighted by atomic mass is 35.5. The molecule has 0 fully saturated rings. The van der Waals surface area contributed by atoms with Crippen LogP contribution in [0.5, 0.6) is 5.75 Å². The Balaban J connectivity index is 1.62. The Morgan fingerprint density at radius 3 is 2.55 bits per heavy atom. The average molecular weight is 417 g/mol. The van der Waals surface area contributed by atoms with Crippen molar-refractivity contribution in [1.82, 2.24) is 0 Å². The molecule has 6 nitrogen and oxygen atoms in total. The van der Waals surface area contributed by atoms with E-state index in [1.807, 2.05) is 0 Å². The molecule has 7 heteroatoms. The minimum atomic E-state index is -0.936. The molecule has 1 heterocycles. The van der Waals surface area contributed by atoms with Crippen LogP contribution in [0.25, 0.3) is 22.3 Å². The standard InChI is InChI=1S/C22H21ClO6/c1-22(2,21(25)26)13-27-10-11-28-15-8-6-14(7-9-15)19-12-18(24)16-4-3-5-17(23)20(16)29-19/h3-9,12H,10-11,13H2,1-2H3,(H,25,26). The summed E-state index contributed by atoms with van der Waals surface area (Å²) in [6.45, 7) is 3.88. The summed E-state index contributed by atoms with van der Waals surface area (Å²) in [7, 11) is 0. The summed E-state index contributed by atoms with van der Waals surface area (Å²) in [4.78, 5) is 23.3. The summed E-state index contributed by atoms with van der Waals surface area (Å²) in [5.74, 6) is 0.132. The van der Waals surface area contributed by atoms with E-state index in [0.29, 0.717) is 27.5 Å². The number of fused-ring (bicyclic) bond motifs is 1. The lowest BCUT2D eigenvalue weighted by Crippen LogP contribution is -2.30. The molecule has 0 unspecified atom stereocenters. The van der Waals surface area contributed by atoms with Crippen LogP contribution >= 0.6 is 11.6 Å². The zero-order valence-electron chi connectivity index (χ0n) is 16.1. The Labute approximate surface area is 172 Å². The topological polar surface area (TPSA) is 86.0 Å². The first-order valence-electron chi connectivity index (χ1n) is 9.05. The van der Waals surface area contributed by atoms with E-state index in [2.05, 4.69) is 0 Å². The average Bonchev–Trinajstić information content (AvgIpc) is 2.69. The molecule has 0 aliphatic rings. The van der Waals surface area contributed by atoms with Crippen LogP contribution in [0.1, 0.15) is 13.8 Å². The molecule has 0 saturated carbocycles. The number of benzene rings is 2. The van der Waals surface area contributed by atoms with Crippen molar-refractivity contribution in [2.45, 2.75) is 13.8 Å². The summed E-state index contributed by atoms with van der Waals surface area (Å²) < 4.78 is 16.8. The number of hydrogen-bond acceptors (Lipinski definition) is 5. The van der Waals surface area contributed by atoms with Crippen molar-refractivity contribution in [3.05, 3.63) is 63.8 Å². The van der Waals surface area contributed by atoms with Crippen molar-refractivity contribution < 1.29 is 23.8 Å². The van der Waals surface area contributed by atoms with Crippen LogP contribution in [0, 0.1) is 5.41 Å². The Hall–Kier alpha value is -2.83. The third-order valence-electron chi connectivity index (χ3n) is 4.38. The van der Waals surface area contributed by atoms with Gasteiger partial charge in [-0.1, -0.05) is 17.7 Å². The van der Waals surface area contributed by atoms with Crippen LogP contribution in [0.2, 0.25) is 5.02 Å². The predicted octanol–water partition coefficient (Wildman–Crippen LogP) is 4.62. The second-order valence-electron chi connectivity index (χ2n) is 7.21. The first-order valence-corrected chi connectivity index (χ1v) is 9.42. The number of hydrogen-bond donors (Lipinski definition) is 1. The van der Waals surface area contributed by atoms with E-state index in [1.165, 1.54) is 6.07 Å². The van der Waals surface area contributed by atoms with Gasteiger partial charge < -0.3 is 19.0 Å². The van der Waals surface area contributed by atoms with Gasteiger partial charge in [-0.2, -0.15) is 0 Å². The predicted molar refractivity (Wildman–Crippen MR) is 111 cm³/mol. The van der Waals surface area contributed by atoms with Gasteiger partial charge in [0.25, 0.3) is 0 Å². The van der Waals surface area contributed by atoms with Crippen LogP contribution < -0.4 is 10.2 Å². The fourth-order valence-corrected chi connectivity index (χ4v) is 2.82. The quantitative estimate of drug-likeness (QED) is 0.539. The van der Waals surface area contributed by atoms with Crippen LogP contribution in [0.4, 0.5) is 0 Å². The Kier molecular flexibility index (Phi) is 6.25. The Morgan fingerprint density at radius 1 is 1.14 bits per heavy atom. The molecule has 0 spiro atoms. The fourth-order valence-electron chi connectivity index (χ4n) is 2.61. The lowest BCUT2D eigenvalue weighted by atomic mass is 9.95. The highest BCUT2D eigenvalue weighted by molar-refractivity contribution is 6.34. The van der Waals surface area contributed by atoms with E-state index in [0.717, 1.165) is 5.56 Å². The second-order valence-corrected chi connectivity index (χ2v) is 7.61. The van der Waals surface area contributed by atoms with Crippen molar-refractivity contribution in [1.29, 1.82) is 0 Å². The number of halogens is 1. The molecule has 29 heavy (non-hydrogen) atoms. The maximum absolute atomic E-state index is 12.3. The number of aliphatic carboxylic acids is 1. The molecule has 152 valence electrons. The van der Waals surface area contributed by atoms with Crippen LogP contribution in [-0.2, 0) is 9.53 Å². The van der Waals surface area contributed by atoms with E-state index in [4.69, 9.17) is 30.6 Å². The number of rotatable bonds is 8. The molecule has 0 aliphatic heterocycles. The molecule has 0 saturated heterocycles. The Bertz CT molecular complexity index is 1070. The minimum Gasteiger partial charge on any atom is -0.491 e. The van der Waals surface area contributed by atoms with Crippen molar-refractivity contribution in [3.8, 4) is 17.1 Å². The molecule has 0 atom stereocenters.